The van der Waals surface area contributed by atoms with Gasteiger partial charge in [0.25, 0.3) is 5.91 Å². The van der Waals surface area contributed by atoms with Crippen molar-refractivity contribution >= 4 is 17.5 Å². The molecular weight excluding hydrogens is 329 g/mol. The summed E-state index contributed by atoms with van der Waals surface area (Å²) in [5.41, 5.74) is -0.325. The minimum absolute atomic E-state index is 0.150. The fourth-order valence-electron chi connectivity index (χ4n) is 2.74. The highest BCUT2D eigenvalue weighted by Gasteiger charge is 2.52. The van der Waals surface area contributed by atoms with Crippen LogP contribution in [0.3, 0.4) is 0 Å². The quantitative estimate of drug-likeness (QED) is 0.788. The number of carbonyl (C=O) groups excluding carboxylic acids is 2. The molecular formula is C15H15F3N2O4. The third-order valence-electron chi connectivity index (χ3n) is 3.89. The summed E-state index contributed by atoms with van der Waals surface area (Å²) >= 11 is 0. The Hall–Kier alpha value is -2.29. The maximum atomic E-state index is 12.4. The van der Waals surface area contributed by atoms with Crippen LogP contribution >= 0.6 is 0 Å². The zero-order valence-corrected chi connectivity index (χ0v) is 13.0. The third-order valence-corrected chi connectivity index (χ3v) is 3.89. The van der Waals surface area contributed by atoms with Crippen molar-refractivity contribution in [3.63, 3.8) is 0 Å². The Morgan fingerprint density at radius 1 is 1.29 bits per heavy atom. The van der Waals surface area contributed by atoms with Crippen molar-refractivity contribution in [3.05, 3.63) is 24.3 Å². The minimum Gasteiger partial charge on any atom is -0.406 e. The van der Waals surface area contributed by atoms with E-state index in [9.17, 15) is 22.8 Å². The van der Waals surface area contributed by atoms with Crippen LogP contribution < -0.4 is 9.64 Å². The van der Waals surface area contributed by atoms with Crippen LogP contribution in [-0.4, -0.2) is 42.6 Å². The van der Waals surface area contributed by atoms with Crippen LogP contribution in [-0.2, 0) is 14.3 Å². The summed E-state index contributed by atoms with van der Waals surface area (Å²) in [6.45, 7) is 3.76. The average molecular weight is 344 g/mol. The Balaban J connectivity index is 1.74. The number of β-lactam (4-membered cyclic amide) rings is 1. The first-order valence-corrected chi connectivity index (χ1v) is 7.18. The number of ether oxygens (including phenoxy) is 2. The summed E-state index contributed by atoms with van der Waals surface area (Å²) in [5.74, 6) is -1.13. The standard InChI is InChI=1S/C15H15F3N2O4/c1-14(2)7-19(13(14)22)12-11(21)20(8-23-12)9-4-3-5-10(6-9)24-15(16,17)18/h3-6,12H,7-8H2,1-2H3. The van der Waals surface area contributed by atoms with Gasteiger partial charge in [0.1, 0.15) is 12.5 Å². The van der Waals surface area contributed by atoms with Crippen molar-refractivity contribution in [3.8, 4) is 5.75 Å². The molecule has 0 bridgehead atoms. The summed E-state index contributed by atoms with van der Waals surface area (Å²) in [5, 5.41) is 0. The first-order chi connectivity index (χ1) is 11.1. The molecule has 1 atom stereocenters. The van der Waals surface area contributed by atoms with Gasteiger partial charge in [-0.2, -0.15) is 0 Å². The Morgan fingerprint density at radius 3 is 2.58 bits per heavy atom. The largest absolute Gasteiger partial charge is 0.573 e. The van der Waals surface area contributed by atoms with E-state index in [1.807, 2.05) is 0 Å². The molecule has 2 heterocycles. The van der Waals surface area contributed by atoms with Crippen LogP contribution in [0.15, 0.2) is 24.3 Å². The maximum absolute atomic E-state index is 12.4. The number of anilines is 1. The molecule has 0 saturated carbocycles. The number of halogens is 3. The number of carbonyl (C=O) groups is 2. The normalized spacial score (nSPS) is 23.5. The Bertz CT molecular complexity index is 690. The average Bonchev–Trinajstić information content (AvgIpc) is 2.84. The van der Waals surface area contributed by atoms with Gasteiger partial charge in [-0.25, -0.2) is 0 Å². The molecule has 3 rings (SSSR count). The molecule has 2 fully saturated rings. The number of amides is 2. The van der Waals surface area contributed by atoms with E-state index >= 15 is 0 Å². The van der Waals surface area contributed by atoms with E-state index in [1.54, 1.807) is 13.8 Å². The van der Waals surface area contributed by atoms with E-state index in [1.165, 1.54) is 21.9 Å². The molecule has 0 N–H and O–H groups in total. The fraction of sp³-hybridized carbons (Fsp3) is 0.467. The summed E-state index contributed by atoms with van der Waals surface area (Å²) in [6.07, 6.45) is -5.86. The number of hydrogen-bond acceptors (Lipinski definition) is 4. The van der Waals surface area contributed by atoms with Gasteiger partial charge in [-0.15, -0.1) is 13.2 Å². The van der Waals surface area contributed by atoms with E-state index in [4.69, 9.17) is 4.74 Å². The fourth-order valence-corrected chi connectivity index (χ4v) is 2.74. The Morgan fingerprint density at radius 2 is 2.00 bits per heavy atom. The number of alkyl halides is 3. The lowest BCUT2D eigenvalue weighted by Crippen LogP contribution is -2.63. The van der Waals surface area contributed by atoms with Gasteiger partial charge in [0.05, 0.1) is 5.41 Å². The molecule has 2 aliphatic rings. The Kier molecular flexibility index (Phi) is 3.71. The summed E-state index contributed by atoms with van der Waals surface area (Å²) in [4.78, 5) is 26.9. The van der Waals surface area contributed by atoms with Gasteiger partial charge in [0.2, 0.25) is 12.1 Å². The molecule has 1 unspecified atom stereocenters. The summed E-state index contributed by atoms with van der Waals surface area (Å²) in [6, 6.07) is 5.04. The molecule has 0 spiro atoms. The predicted molar refractivity (Wildman–Crippen MR) is 75.8 cm³/mol. The van der Waals surface area contributed by atoms with Crippen molar-refractivity contribution in [1.82, 2.24) is 4.90 Å². The number of nitrogens with zero attached hydrogens (tertiary/aromatic N) is 2. The van der Waals surface area contributed by atoms with Crippen LogP contribution in [0, 0.1) is 5.41 Å². The first kappa shape index (κ1) is 16.6. The molecule has 130 valence electrons. The van der Waals surface area contributed by atoms with Crippen molar-refractivity contribution in [2.24, 2.45) is 5.41 Å². The van der Waals surface area contributed by atoms with Gasteiger partial charge >= 0.3 is 6.36 Å². The number of benzene rings is 1. The van der Waals surface area contributed by atoms with Gasteiger partial charge in [0.15, 0.2) is 0 Å². The maximum Gasteiger partial charge on any atom is 0.573 e. The molecule has 1 aromatic carbocycles. The van der Waals surface area contributed by atoms with Crippen LogP contribution in [0.5, 0.6) is 5.75 Å². The smallest absolute Gasteiger partial charge is 0.406 e. The van der Waals surface area contributed by atoms with Gasteiger partial charge in [-0.1, -0.05) is 6.07 Å². The second kappa shape index (κ2) is 5.37. The molecule has 2 saturated heterocycles. The van der Waals surface area contributed by atoms with Crippen LogP contribution in [0.25, 0.3) is 0 Å². The predicted octanol–water partition coefficient (Wildman–Crippen LogP) is 2.10. The third kappa shape index (κ3) is 2.91. The van der Waals surface area contributed by atoms with Crippen molar-refractivity contribution in [2.75, 3.05) is 18.2 Å². The SMILES string of the molecule is CC1(C)CN(C2OCN(c3cccc(OC(F)(F)F)c3)C2=O)C1=O. The Labute approximate surface area is 135 Å². The number of hydrogen-bond donors (Lipinski definition) is 0. The van der Waals surface area contributed by atoms with Crippen LogP contribution in [0.4, 0.5) is 18.9 Å². The van der Waals surface area contributed by atoms with Gasteiger partial charge in [0, 0.05) is 18.3 Å². The highest BCUT2D eigenvalue weighted by molar-refractivity contribution is 6.01. The first-order valence-electron chi connectivity index (χ1n) is 7.18. The molecule has 0 aliphatic carbocycles. The molecule has 2 amide bonds. The molecule has 0 aromatic heterocycles. The van der Waals surface area contributed by atoms with Crippen LogP contribution in [0.2, 0.25) is 0 Å². The zero-order valence-electron chi connectivity index (χ0n) is 13.0. The highest BCUT2D eigenvalue weighted by Crippen LogP contribution is 2.36. The molecule has 1 aromatic rings. The number of rotatable bonds is 3. The topological polar surface area (TPSA) is 59.1 Å². The molecule has 0 radical (unpaired) electrons. The van der Waals surface area contributed by atoms with Gasteiger partial charge in [-0.05, 0) is 26.0 Å². The lowest BCUT2D eigenvalue weighted by atomic mass is 9.83. The van der Waals surface area contributed by atoms with Gasteiger partial charge in [-0.3, -0.25) is 14.5 Å². The van der Waals surface area contributed by atoms with E-state index < -0.39 is 29.7 Å². The van der Waals surface area contributed by atoms with E-state index in [2.05, 4.69) is 4.74 Å². The zero-order chi connectivity index (χ0) is 17.7. The lowest BCUT2D eigenvalue weighted by molar-refractivity contribution is -0.274. The second-order valence-electron chi connectivity index (χ2n) is 6.28. The summed E-state index contributed by atoms with van der Waals surface area (Å²) < 4.78 is 46.1. The van der Waals surface area contributed by atoms with Crippen molar-refractivity contribution in [2.45, 2.75) is 26.4 Å². The van der Waals surface area contributed by atoms with Crippen molar-refractivity contribution < 1.29 is 32.2 Å². The molecule has 24 heavy (non-hydrogen) atoms. The molecule has 2 aliphatic heterocycles. The highest BCUT2D eigenvalue weighted by atomic mass is 19.4. The summed E-state index contributed by atoms with van der Waals surface area (Å²) in [7, 11) is 0. The molecule has 6 nitrogen and oxygen atoms in total. The minimum atomic E-state index is -4.82. The van der Waals surface area contributed by atoms with Crippen LogP contribution in [0.1, 0.15) is 13.8 Å². The van der Waals surface area contributed by atoms with E-state index in [0.717, 1.165) is 12.1 Å². The second-order valence-corrected chi connectivity index (χ2v) is 6.28. The lowest BCUT2D eigenvalue weighted by Gasteiger charge is -2.46. The monoisotopic (exact) mass is 344 g/mol. The van der Waals surface area contributed by atoms with Crippen molar-refractivity contribution in [1.29, 1.82) is 0 Å². The number of likely N-dealkylation sites (tertiary alicyclic amines) is 1. The van der Waals surface area contributed by atoms with Gasteiger partial charge < -0.3 is 14.4 Å². The van der Waals surface area contributed by atoms with E-state index in [-0.39, 0.29) is 18.3 Å². The van der Waals surface area contributed by atoms with E-state index in [0.29, 0.717) is 6.54 Å². The molecule has 9 heteroatoms.